The number of nitroso groups, excluding NO2 is 1. The van der Waals surface area contributed by atoms with Gasteiger partial charge in [-0.2, -0.15) is 13.2 Å². The van der Waals surface area contributed by atoms with Crippen LogP contribution in [0.5, 0.6) is 0 Å². The Balaban J connectivity index is 1.93. The third-order valence-electron chi connectivity index (χ3n) is 5.52. The largest absolute Gasteiger partial charge is 0.416 e. The van der Waals surface area contributed by atoms with E-state index in [4.69, 9.17) is 5.73 Å². The fraction of sp³-hybridized carbons (Fsp3) is 0.0870. The Morgan fingerprint density at radius 3 is 2.50 bits per heavy atom. The fourth-order valence-corrected chi connectivity index (χ4v) is 3.85. The summed E-state index contributed by atoms with van der Waals surface area (Å²) in [6.07, 6.45) is -2.03. The number of anilines is 1. The second kappa shape index (κ2) is 8.37. The lowest BCUT2D eigenvalue weighted by Crippen LogP contribution is -2.39. The molecule has 0 atom stereocenters. The van der Waals surface area contributed by atoms with Gasteiger partial charge in [0.2, 0.25) is 0 Å². The SMILES string of the molecule is Nc1ccc(-c2ccc3ncc4c(=O)n(CN=O)c(=O)n(-c5cccc(C(F)(F)F)c5)c4c3n2)cn1. The molecule has 0 aliphatic heterocycles. The van der Waals surface area contributed by atoms with Gasteiger partial charge in [0, 0.05) is 18.0 Å². The standard InChI is InChI=1S/C23H14F3N7O3/c24-23(25,26)13-2-1-3-14(8-13)33-20-15(21(34)32(11-30-36)22(33)35)10-28-17-6-5-16(31-19(17)20)12-4-7-18(27)29-9-12/h1-10H,11H2,(H2,27,29). The summed E-state index contributed by atoms with van der Waals surface area (Å²) in [6.45, 7) is -0.838. The van der Waals surface area contributed by atoms with Crippen molar-refractivity contribution in [3.8, 4) is 16.9 Å². The zero-order valence-electron chi connectivity index (χ0n) is 18.1. The van der Waals surface area contributed by atoms with E-state index in [0.717, 1.165) is 22.8 Å². The molecule has 13 heteroatoms. The molecule has 0 radical (unpaired) electrons. The number of nitrogens with zero attached hydrogens (tertiary/aromatic N) is 6. The molecule has 36 heavy (non-hydrogen) atoms. The van der Waals surface area contributed by atoms with Crippen molar-refractivity contribution in [2.24, 2.45) is 5.18 Å². The van der Waals surface area contributed by atoms with Crippen LogP contribution in [0.4, 0.5) is 19.0 Å². The summed E-state index contributed by atoms with van der Waals surface area (Å²) < 4.78 is 41.8. The summed E-state index contributed by atoms with van der Waals surface area (Å²) in [6, 6.07) is 10.5. The summed E-state index contributed by atoms with van der Waals surface area (Å²) in [5.41, 5.74) is 3.76. The Kier molecular flexibility index (Phi) is 5.31. The summed E-state index contributed by atoms with van der Waals surface area (Å²) in [4.78, 5) is 50.2. The number of fused-ring (bicyclic) bond motifs is 3. The van der Waals surface area contributed by atoms with E-state index in [1.807, 2.05) is 0 Å². The van der Waals surface area contributed by atoms with E-state index in [2.05, 4.69) is 20.1 Å². The van der Waals surface area contributed by atoms with E-state index in [9.17, 15) is 27.7 Å². The Labute approximate surface area is 198 Å². The van der Waals surface area contributed by atoms with Crippen LogP contribution < -0.4 is 17.0 Å². The molecule has 4 aromatic heterocycles. The maximum absolute atomic E-state index is 13.4. The summed E-state index contributed by atoms with van der Waals surface area (Å²) in [5.74, 6) is 0.286. The number of hydrogen-bond acceptors (Lipinski definition) is 8. The highest BCUT2D eigenvalue weighted by Crippen LogP contribution is 2.31. The smallest absolute Gasteiger partial charge is 0.384 e. The van der Waals surface area contributed by atoms with Crippen LogP contribution in [-0.2, 0) is 12.8 Å². The molecular formula is C23H14F3N7O3. The molecular weight excluding hydrogens is 479 g/mol. The summed E-state index contributed by atoms with van der Waals surface area (Å²) in [5, 5.41) is 2.48. The first-order chi connectivity index (χ1) is 17.2. The van der Waals surface area contributed by atoms with E-state index in [1.54, 1.807) is 24.3 Å². The maximum atomic E-state index is 13.4. The monoisotopic (exact) mass is 493 g/mol. The van der Waals surface area contributed by atoms with Crippen LogP contribution in [0.1, 0.15) is 5.56 Å². The molecule has 5 aromatic rings. The molecule has 0 saturated heterocycles. The molecule has 180 valence electrons. The fourth-order valence-electron chi connectivity index (χ4n) is 3.85. The van der Waals surface area contributed by atoms with Crippen molar-refractivity contribution in [2.45, 2.75) is 12.8 Å². The van der Waals surface area contributed by atoms with Gasteiger partial charge in [-0.3, -0.25) is 14.3 Å². The normalized spacial score (nSPS) is 11.8. The van der Waals surface area contributed by atoms with Gasteiger partial charge < -0.3 is 5.73 Å². The van der Waals surface area contributed by atoms with Crippen LogP contribution in [0.3, 0.4) is 0 Å². The van der Waals surface area contributed by atoms with Gasteiger partial charge in [0.1, 0.15) is 11.3 Å². The van der Waals surface area contributed by atoms with Crippen molar-refractivity contribution >= 4 is 27.8 Å². The zero-order chi connectivity index (χ0) is 25.6. The van der Waals surface area contributed by atoms with Gasteiger partial charge in [-0.05, 0) is 47.6 Å². The Morgan fingerprint density at radius 1 is 1.00 bits per heavy atom. The van der Waals surface area contributed by atoms with Crippen LogP contribution >= 0.6 is 0 Å². The number of aromatic nitrogens is 5. The number of alkyl halides is 3. The van der Waals surface area contributed by atoms with Crippen molar-refractivity contribution in [1.29, 1.82) is 0 Å². The molecule has 0 saturated carbocycles. The molecule has 0 unspecified atom stereocenters. The van der Waals surface area contributed by atoms with Gasteiger partial charge >= 0.3 is 11.9 Å². The Hall–Kier alpha value is -4.94. The van der Waals surface area contributed by atoms with Gasteiger partial charge in [-0.15, -0.1) is 4.91 Å². The number of hydrogen-bond donors (Lipinski definition) is 1. The summed E-state index contributed by atoms with van der Waals surface area (Å²) >= 11 is 0. The topological polar surface area (TPSA) is 138 Å². The highest BCUT2D eigenvalue weighted by atomic mass is 19.4. The first kappa shape index (κ1) is 22.8. The highest BCUT2D eigenvalue weighted by Gasteiger charge is 2.31. The third kappa shape index (κ3) is 3.76. The average molecular weight is 493 g/mol. The molecule has 5 rings (SSSR count). The van der Waals surface area contributed by atoms with Gasteiger partial charge in [-0.1, -0.05) is 6.07 Å². The average Bonchev–Trinajstić information content (AvgIpc) is 2.86. The van der Waals surface area contributed by atoms with E-state index in [0.29, 0.717) is 15.8 Å². The van der Waals surface area contributed by atoms with E-state index < -0.39 is 29.7 Å². The minimum atomic E-state index is -4.69. The molecule has 0 amide bonds. The van der Waals surface area contributed by atoms with E-state index in [-0.39, 0.29) is 33.4 Å². The number of rotatable bonds is 4. The van der Waals surface area contributed by atoms with Crippen LogP contribution in [0, 0.1) is 4.91 Å². The second-order valence-electron chi connectivity index (χ2n) is 7.73. The third-order valence-corrected chi connectivity index (χ3v) is 5.52. The predicted octanol–water partition coefficient (Wildman–Crippen LogP) is 3.48. The molecule has 10 nitrogen and oxygen atoms in total. The van der Waals surface area contributed by atoms with Crippen molar-refractivity contribution in [3.63, 3.8) is 0 Å². The minimum Gasteiger partial charge on any atom is -0.384 e. The predicted molar refractivity (Wildman–Crippen MR) is 125 cm³/mol. The van der Waals surface area contributed by atoms with Crippen LogP contribution in [0.2, 0.25) is 0 Å². The van der Waals surface area contributed by atoms with E-state index >= 15 is 0 Å². The number of nitrogen functional groups attached to an aromatic ring is 1. The number of nitrogens with two attached hydrogens (primary N) is 1. The molecule has 0 spiro atoms. The molecule has 4 heterocycles. The Morgan fingerprint density at radius 2 is 1.81 bits per heavy atom. The Bertz CT molecular complexity index is 1780. The molecule has 0 bridgehead atoms. The van der Waals surface area contributed by atoms with Crippen LogP contribution in [0.15, 0.2) is 75.7 Å². The lowest BCUT2D eigenvalue weighted by molar-refractivity contribution is -0.137. The number of halogens is 3. The second-order valence-corrected chi connectivity index (χ2v) is 7.73. The number of pyridine rings is 3. The molecule has 0 aliphatic carbocycles. The molecule has 0 aliphatic rings. The minimum absolute atomic E-state index is 0.0678. The van der Waals surface area contributed by atoms with Crippen molar-refractivity contribution in [2.75, 3.05) is 5.73 Å². The first-order valence-electron chi connectivity index (χ1n) is 10.3. The van der Waals surface area contributed by atoms with Crippen molar-refractivity contribution in [1.82, 2.24) is 24.1 Å². The molecule has 1 aromatic carbocycles. The van der Waals surface area contributed by atoms with E-state index in [1.165, 1.54) is 18.5 Å². The van der Waals surface area contributed by atoms with Crippen molar-refractivity contribution < 1.29 is 13.2 Å². The summed E-state index contributed by atoms with van der Waals surface area (Å²) in [7, 11) is 0. The molecule has 2 N–H and O–H groups in total. The number of benzene rings is 1. The molecule has 0 fully saturated rings. The van der Waals surface area contributed by atoms with Gasteiger partial charge in [0.15, 0.2) is 6.67 Å². The van der Waals surface area contributed by atoms with Crippen LogP contribution in [-0.4, -0.2) is 24.1 Å². The maximum Gasteiger partial charge on any atom is 0.416 e. The lowest BCUT2D eigenvalue weighted by Gasteiger charge is -2.16. The van der Waals surface area contributed by atoms with Gasteiger partial charge in [0.25, 0.3) is 5.56 Å². The van der Waals surface area contributed by atoms with Crippen LogP contribution in [0.25, 0.3) is 38.9 Å². The van der Waals surface area contributed by atoms with Gasteiger partial charge in [-0.25, -0.2) is 19.3 Å². The quantitative estimate of drug-likeness (QED) is 0.299. The van der Waals surface area contributed by atoms with Gasteiger partial charge in [0.05, 0.1) is 33.4 Å². The first-order valence-corrected chi connectivity index (χ1v) is 10.3. The lowest BCUT2D eigenvalue weighted by atomic mass is 10.1. The van der Waals surface area contributed by atoms with Crippen molar-refractivity contribution in [3.05, 3.63) is 92.2 Å². The highest BCUT2D eigenvalue weighted by molar-refractivity contribution is 6.01. The zero-order valence-corrected chi connectivity index (χ0v) is 18.1.